The summed E-state index contributed by atoms with van der Waals surface area (Å²) >= 11 is 0. The van der Waals surface area contributed by atoms with E-state index >= 15 is 0 Å². The average Bonchev–Trinajstić information content (AvgIpc) is 3.15. The SMILES string of the molecule is COc1ccc(CCNc2c(-c3ccc(O)c(O)c3O)nc3ccccn23)cc1OC. The number of hydrogen-bond donors (Lipinski definition) is 4. The van der Waals surface area contributed by atoms with E-state index < -0.39 is 17.2 Å². The van der Waals surface area contributed by atoms with E-state index in [0.29, 0.717) is 47.2 Å². The number of nitrogens with zero attached hydrogens (tertiary/aromatic N) is 2. The highest BCUT2D eigenvalue weighted by Gasteiger charge is 2.20. The third kappa shape index (κ3) is 3.75. The van der Waals surface area contributed by atoms with Crippen molar-refractivity contribution in [2.24, 2.45) is 0 Å². The molecule has 8 heteroatoms. The predicted octanol–water partition coefficient (Wildman–Crippen LogP) is 3.79. The molecule has 0 bridgehead atoms. The molecule has 0 fully saturated rings. The zero-order chi connectivity index (χ0) is 22.0. The molecule has 0 saturated heterocycles. The van der Waals surface area contributed by atoms with Crippen molar-refractivity contribution in [2.45, 2.75) is 6.42 Å². The van der Waals surface area contributed by atoms with Crippen LogP contribution in [0.1, 0.15) is 5.56 Å². The number of aromatic hydroxyl groups is 3. The normalized spacial score (nSPS) is 10.9. The number of ether oxygens (including phenoxy) is 2. The average molecular weight is 421 g/mol. The Labute approximate surface area is 179 Å². The number of fused-ring (bicyclic) bond motifs is 1. The number of rotatable bonds is 7. The summed E-state index contributed by atoms with van der Waals surface area (Å²) in [6, 6.07) is 14.2. The number of pyridine rings is 1. The van der Waals surface area contributed by atoms with E-state index in [1.807, 2.05) is 47.0 Å². The van der Waals surface area contributed by atoms with Crippen molar-refractivity contribution in [3.63, 3.8) is 0 Å². The Hall–Kier alpha value is -4.07. The minimum absolute atomic E-state index is 0.313. The molecule has 160 valence electrons. The van der Waals surface area contributed by atoms with Crippen LogP contribution in [0, 0.1) is 0 Å². The van der Waals surface area contributed by atoms with Crippen LogP contribution in [0.2, 0.25) is 0 Å². The second-order valence-electron chi connectivity index (χ2n) is 6.93. The van der Waals surface area contributed by atoms with Gasteiger partial charge in [-0.25, -0.2) is 4.98 Å². The van der Waals surface area contributed by atoms with E-state index in [2.05, 4.69) is 10.3 Å². The van der Waals surface area contributed by atoms with Crippen LogP contribution in [0.3, 0.4) is 0 Å². The molecule has 2 aromatic carbocycles. The van der Waals surface area contributed by atoms with Gasteiger partial charge in [-0.05, 0) is 48.4 Å². The summed E-state index contributed by atoms with van der Waals surface area (Å²) in [6.45, 7) is 0.579. The monoisotopic (exact) mass is 421 g/mol. The third-order valence-electron chi connectivity index (χ3n) is 5.07. The molecule has 0 radical (unpaired) electrons. The topological polar surface area (TPSA) is 108 Å². The highest BCUT2D eigenvalue weighted by atomic mass is 16.5. The highest BCUT2D eigenvalue weighted by Crippen LogP contribution is 2.44. The molecule has 0 saturated carbocycles. The van der Waals surface area contributed by atoms with Crippen molar-refractivity contribution in [2.75, 3.05) is 26.1 Å². The lowest BCUT2D eigenvalue weighted by Crippen LogP contribution is -2.08. The minimum atomic E-state index is -0.578. The lowest BCUT2D eigenvalue weighted by molar-refractivity contribution is 0.354. The van der Waals surface area contributed by atoms with Crippen LogP contribution < -0.4 is 14.8 Å². The highest BCUT2D eigenvalue weighted by molar-refractivity contribution is 5.82. The lowest BCUT2D eigenvalue weighted by Gasteiger charge is -2.12. The van der Waals surface area contributed by atoms with E-state index in [1.165, 1.54) is 12.1 Å². The molecular weight excluding hydrogens is 398 g/mol. The Bertz CT molecular complexity index is 1240. The molecule has 4 N–H and O–H groups in total. The summed E-state index contributed by atoms with van der Waals surface area (Å²) in [7, 11) is 3.20. The summed E-state index contributed by atoms with van der Waals surface area (Å²) in [6.07, 6.45) is 2.56. The fourth-order valence-corrected chi connectivity index (χ4v) is 3.47. The van der Waals surface area contributed by atoms with Crippen LogP contribution in [0.5, 0.6) is 28.7 Å². The van der Waals surface area contributed by atoms with Crippen LogP contribution in [0.4, 0.5) is 5.82 Å². The van der Waals surface area contributed by atoms with Gasteiger partial charge < -0.3 is 30.1 Å². The van der Waals surface area contributed by atoms with Crippen LogP contribution in [-0.4, -0.2) is 45.5 Å². The van der Waals surface area contributed by atoms with Crippen LogP contribution >= 0.6 is 0 Å². The van der Waals surface area contributed by atoms with E-state index in [0.717, 1.165) is 5.56 Å². The zero-order valence-electron chi connectivity index (χ0n) is 17.2. The second kappa shape index (κ2) is 8.35. The number of hydrogen-bond acceptors (Lipinski definition) is 7. The fraction of sp³-hybridized carbons (Fsp3) is 0.174. The Morgan fingerprint density at radius 2 is 1.74 bits per heavy atom. The van der Waals surface area contributed by atoms with Crippen LogP contribution in [-0.2, 0) is 6.42 Å². The molecule has 0 aliphatic rings. The number of anilines is 1. The molecule has 4 rings (SSSR count). The minimum Gasteiger partial charge on any atom is -0.504 e. The first-order chi connectivity index (χ1) is 15.0. The van der Waals surface area contributed by atoms with Gasteiger partial charge in [-0.2, -0.15) is 0 Å². The molecule has 0 spiro atoms. The van der Waals surface area contributed by atoms with Crippen LogP contribution in [0.25, 0.3) is 16.9 Å². The van der Waals surface area contributed by atoms with E-state index in [9.17, 15) is 15.3 Å². The van der Waals surface area contributed by atoms with Gasteiger partial charge in [-0.15, -0.1) is 0 Å². The molecule has 0 aliphatic heterocycles. The smallest absolute Gasteiger partial charge is 0.200 e. The van der Waals surface area contributed by atoms with Crippen molar-refractivity contribution in [1.29, 1.82) is 0 Å². The van der Waals surface area contributed by atoms with Gasteiger partial charge in [-0.3, -0.25) is 4.40 Å². The van der Waals surface area contributed by atoms with Crippen molar-refractivity contribution in [1.82, 2.24) is 9.38 Å². The molecule has 4 aromatic rings. The van der Waals surface area contributed by atoms with Crippen molar-refractivity contribution < 1.29 is 24.8 Å². The standard InChI is InChI=1S/C23H23N3O5/c1-30-17-9-6-14(13-18(17)31-2)10-11-24-23-20(25-19-5-3-4-12-26(19)23)15-7-8-16(27)22(29)21(15)28/h3-9,12-13,24,27-29H,10-11H2,1-2H3. The summed E-state index contributed by atoms with van der Waals surface area (Å²) in [5, 5.41) is 33.4. The molecule has 2 heterocycles. The quantitative estimate of drug-likeness (QED) is 0.336. The largest absolute Gasteiger partial charge is 0.504 e. The summed E-state index contributed by atoms with van der Waals surface area (Å²) in [5.41, 5.74) is 2.52. The maximum Gasteiger partial charge on any atom is 0.200 e. The summed E-state index contributed by atoms with van der Waals surface area (Å²) in [4.78, 5) is 4.60. The number of aromatic nitrogens is 2. The first kappa shape index (κ1) is 20.2. The van der Waals surface area contributed by atoms with Gasteiger partial charge in [0.05, 0.1) is 14.2 Å². The second-order valence-corrected chi connectivity index (χ2v) is 6.93. The van der Waals surface area contributed by atoms with E-state index in [4.69, 9.17) is 9.47 Å². The van der Waals surface area contributed by atoms with Gasteiger partial charge in [0.25, 0.3) is 0 Å². The third-order valence-corrected chi connectivity index (χ3v) is 5.07. The Kier molecular flexibility index (Phi) is 5.44. The first-order valence-electron chi connectivity index (χ1n) is 9.69. The summed E-state index contributed by atoms with van der Waals surface area (Å²) < 4.78 is 12.5. The number of imidazole rings is 1. The molecule has 0 amide bonds. The predicted molar refractivity (Wildman–Crippen MR) is 117 cm³/mol. The fourth-order valence-electron chi connectivity index (χ4n) is 3.47. The van der Waals surface area contributed by atoms with Gasteiger partial charge in [0, 0.05) is 18.3 Å². The maximum atomic E-state index is 10.4. The van der Waals surface area contributed by atoms with Crippen LogP contribution in [0.15, 0.2) is 54.7 Å². The molecular formula is C23H23N3O5. The number of phenols is 3. The van der Waals surface area contributed by atoms with Gasteiger partial charge in [-0.1, -0.05) is 12.1 Å². The van der Waals surface area contributed by atoms with Gasteiger partial charge in [0.1, 0.15) is 17.2 Å². The number of methoxy groups -OCH3 is 2. The summed E-state index contributed by atoms with van der Waals surface area (Å²) in [5.74, 6) is 0.604. The van der Waals surface area contributed by atoms with Crippen molar-refractivity contribution in [3.05, 3.63) is 60.3 Å². The molecule has 31 heavy (non-hydrogen) atoms. The maximum absolute atomic E-state index is 10.4. The Morgan fingerprint density at radius 3 is 2.52 bits per heavy atom. The Balaban J connectivity index is 1.65. The van der Waals surface area contributed by atoms with Gasteiger partial charge in [0.15, 0.2) is 23.0 Å². The number of phenolic OH excluding ortho intramolecular Hbond substituents is 3. The molecule has 0 unspecified atom stereocenters. The lowest BCUT2D eigenvalue weighted by atomic mass is 10.1. The van der Waals surface area contributed by atoms with Crippen molar-refractivity contribution >= 4 is 11.5 Å². The van der Waals surface area contributed by atoms with Gasteiger partial charge in [0.2, 0.25) is 5.75 Å². The molecule has 0 atom stereocenters. The molecule has 0 aliphatic carbocycles. The number of benzene rings is 2. The first-order valence-corrected chi connectivity index (χ1v) is 9.69. The molecule has 8 nitrogen and oxygen atoms in total. The Morgan fingerprint density at radius 1 is 0.935 bits per heavy atom. The number of nitrogens with one attached hydrogen (secondary N) is 1. The van der Waals surface area contributed by atoms with E-state index in [1.54, 1.807) is 14.2 Å². The van der Waals surface area contributed by atoms with Gasteiger partial charge >= 0.3 is 0 Å². The van der Waals surface area contributed by atoms with E-state index in [-0.39, 0.29) is 0 Å². The molecule has 2 aromatic heterocycles. The van der Waals surface area contributed by atoms with Crippen molar-refractivity contribution in [3.8, 4) is 40.0 Å². The zero-order valence-corrected chi connectivity index (χ0v) is 17.2.